The van der Waals surface area contributed by atoms with Crippen molar-refractivity contribution in [2.75, 3.05) is 18.0 Å². The highest BCUT2D eigenvalue weighted by molar-refractivity contribution is 9.10. The zero-order valence-electron chi connectivity index (χ0n) is 15.9. The molecule has 0 atom stereocenters. The molecule has 0 radical (unpaired) electrons. The summed E-state index contributed by atoms with van der Waals surface area (Å²) >= 11 is 17.2. The summed E-state index contributed by atoms with van der Waals surface area (Å²) in [5.41, 5.74) is 1.93. The van der Waals surface area contributed by atoms with Crippen LogP contribution in [-0.4, -0.2) is 31.7 Å². The van der Waals surface area contributed by atoms with E-state index >= 15 is 0 Å². The Labute approximate surface area is 198 Å². The summed E-state index contributed by atoms with van der Waals surface area (Å²) in [6.07, 6.45) is 1.83. The summed E-state index contributed by atoms with van der Waals surface area (Å²) in [5.74, 6) is 0. The Hall–Kier alpha value is -1.12. The second-order valence-electron chi connectivity index (χ2n) is 7.22. The number of sulfone groups is 1. The van der Waals surface area contributed by atoms with E-state index in [4.69, 9.17) is 28.2 Å². The van der Waals surface area contributed by atoms with Crippen LogP contribution in [0.4, 0.5) is 5.13 Å². The van der Waals surface area contributed by atoms with Crippen molar-refractivity contribution in [3.63, 3.8) is 0 Å². The van der Waals surface area contributed by atoms with Gasteiger partial charge in [-0.05, 0) is 54.8 Å². The van der Waals surface area contributed by atoms with Crippen LogP contribution in [0, 0.1) is 0 Å². The van der Waals surface area contributed by atoms with Crippen LogP contribution in [-0.2, 0) is 16.3 Å². The van der Waals surface area contributed by atoms with Gasteiger partial charge in [0.15, 0.2) is 15.0 Å². The molecule has 1 fully saturated rings. The zero-order chi connectivity index (χ0) is 21.3. The Kier molecular flexibility index (Phi) is 6.75. The van der Waals surface area contributed by atoms with E-state index in [-0.39, 0.29) is 5.25 Å². The number of aromatic nitrogens is 1. The maximum absolute atomic E-state index is 12.9. The molecule has 0 amide bonds. The second kappa shape index (κ2) is 9.17. The van der Waals surface area contributed by atoms with Crippen LogP contribution in [0.25, 0.3) is 0 Å². The number of anilines is 1. The number of rotatable bonds is 5. The summed E-state index contributed by atoms with van der Waals surface area (Å²) < 4.78 is 26.7. The monoisotopic (exact) mass is 544 g/mol. The molecule has 0 unspecified atom stereocenters. The van der Waals surface area contributed by atoms with E-state index in [1.54, 1.807) is 41.7 Å². The summed E-state index contributed by atoms with van der Waals surface area (Å²) in [6, 6.07) is 12.4. The third-order valence-corrected chi connectivity index (χ3v) is 9.56. The van der Waals surface area contributed by atoms with Crippen molar-refractivity contribution in [2.45, 2.75) is 29.4 Å². The molecule has 0 N–H and O–H groups in total. The van der Waals surface area contributed by atoms with Crippen LogP contribution in [0.1, 0.15) is 24.1 Å². The molecule has 9 heteroatoms. The summed E-state index contributed by atoms with van der Waals surface area (Å²) in [6.45, 7) is 1.35. The Morgan fingerprint density at radius 1 is 1.10 bits per heavy atom. The van der Waals surface area contributed by atoms with E-state index in [0.717, 1.165) is 20.9 Å². The van der Waals surface area contributed by atoms with Crippen LogP contribution < -0.4 is 4.90 Å². The van der Waals surface area contributed by atoms with Crippen LogP contribution in [0.5, 0.6) is 0 Å². The van der Waals surface area contributed by atoms with Crippen molar-refractivity contribution in [1.29, 1.82) is 0 Å². The van der Waals surface area contributed by atoms with Gasteiger partial charge in [-0.3, -0.25) is 0 Å². The van der Waals surface area contributed by atoms with Crippen molar-refractivity contribution >= 4 is 65.4 Å². The minimum Gasteiger partial charge on any atom is -0.348 e. The predicted molar refractivity (Wildman–Crippen MR) is 128 cm³/mol. The number of piperidine rings is 1. The van der Waals surface area contributed by atoms with Gasteiger partial charge in [-0.25, -0.2) is 13.4 Å². The number of thiazole rings is 1. The molecule has 1 saturated heterocycles. The quantitative estimate of drug-likeness (QED) is 0.380. The molecule has 1 aliphatic rings. The van der Waals surface area contributed by atoms with E-state index in [0.29, 0.717) is 47.3 Å². The SMILES string of the molecule is O=S(=O)(c1ccc(Br)cc1)C1CCN(c2nc(Cc3ccc(Cl)cc3Cl)cs2)CC1. The molecule has 0 aliphatic carbocycles. The van der Waals surface area contributed by atoms with Gasteiger partial charge in [0.1, 0.15) is 0 Å². The molecule has 2 aromatic carbocycles. The molecular weight excluding hydrogens is 527 g/mol. The topological polar surface area (TPSA) is 50.3 Å². The molecule has 4 rings (SSSR count). The van der Waals surface area contributed by atoms with E-state index < -0.39 is 9.84 Å². The lowest BCUT2D eigenvalue weighted by Crippen LogP contribution is -2.39. The smallest absolute Gasteiger partial charge is 0.185 e. The molecule has 0 spiro atoms. The summed E-state index contributed by atoms with van der Waals surface area (Å²) in [7, 11) is -3.32. The van der Waals surface area contributed by atoms with Gasteiger partial charge in [0, 0.05) is 39.4 Å². The highest BCUT2D eigenvalue weighted by Gasteiger charge is 2.32. The first-order chi connectivity index (χ1) is 14.3. The maximum atomic E-state index is 12.9. The first kappa shape index (κ1) is 22.1. The van der Waals surface area contributed by atoms with Crippen molar-refractivity contribution in [3.8, 4) is 0 Å². The van der Waals surface area contributed by atoms with Gasteiger partial charge in [0.25, 0.3) is 0 Å². The average Bonchev–Trinajstić information content (AvgIpc) is 3.19. The van der Waals surface area contributed by atoms with Gasteiger partial charge in [-0.15, -0.1) is 11.3 Å². The van der Waals surface area contributed by atoms with Crippen LogP contribution >= 0.6 is 50.5 Å². The molecule has 2 heterocycles. The first-order valence-corrected chi connectivity index (χ1v) is 13.4. The van der Waals surface area contributed by atoms with Crippen molar-refractivity contribution in [1.82, 2.24) is 4.98 Å². The Bertz CT molecular complexity index is 1140. The van der Waals surface area contributed by atoms with Gasteiger partial charge < -0.3 is 4.90 Å². The molecule has 3 aromatic rings. The first-order valence-electron chi connectivity index (χ1n) is 9.45. The molecular formula is C21H19BrCl2N2O2S2. The van der Waals surface area contributed by atoms with Gasteiger partial charge in [-0.2, -0.15) is 0 Å². The van der Waals surface area contributed by atoms with Crippen molar-refractivity contribution in [3.05, 3.63) is 73.6 Å². The van der Waals surface area contributed by atoms with Crippen LogP contribution in [0.15, 0.2) is 57.2 Å². The third kappa shape index (κ3) is 4.86. The van der Waals surface area contributed by atoms with E-state index in [1.807, 2.05) is 17.5 Å². The normalized spacial score (nSPS) is 15.5. The number of hydrogen-bond donors (Lipinski definition) is 0. The fourth-order valence-corrected chi connectivity index (χ4v) is 6.91. The van der Waals surface area contributed by atoms with Gasteiger partial charge in [0.2, 0.25) is 0 Å². The zero-order valence-corrected chi connectivity index (χ0v) is 20.6. The lowest BCUT2D eigenvalue weighted by Gasteiger charge is -2.31. The molecule has 1 aliphatic heterocycles. The number of halogens is 3. The van der Waals surface area contributed by atoms with Crippen molar-refractivity contribution < 1.29 is 8.42 Å². The second-order valence-corrected chi connectivity index (χ2v) is 12.0. The number of hydrogen-bond acceptors (Lipinski definition) is 5. The molecule has 0 saturated carbocycles. The van der Waals surface area contributed by atoms with Crippen LogP contribution in [0.2, 0.25) is 10.0 Å². The van der Waals surface area contributed by atoms with Gasteiger partial charge in [-0.1, -0.05) is 45.2 Å². The minimum atomic E-state index is -3.32. The molecule has 30 heavy (non-hydrogen) atoms. The van der Waals surface area contributed by atoms with E-state index in [9.17, 15) is 8.42 Å². The van der Waals surface area contributed by atoms with E-state index in [2.05, 4.69) is 20.8 Å². The molecule has 158 valence electrons. The van der Waals surface area contributed by atoms with Gasteiger partial charge in [0.05, 0.1) is 15.8 Å². The summed E-state index contributed by atoms with van der Waals surface area (Å²) in [4.78, 5) is 7.31. The largest absolute Gasteiger partial charge is 0.348 e. The fourth-order valence-electron chi connectivity index (χ4n) is 3.56. The maximum Gasteiger partial charge on any atom is 0.185 e. The number of benzene rings is 2. The minimum absolute atomic E-state index is 0.359. The highest BCUT2D eigenvalue weighted by Crippen LogP contribution is 2.31. The summed E-state index contributed by atoms with van der Waals surface area (Å²) in [5, 5.41) is 3.85. The predicted octanol–water partition coefficient (Wildman–Crippen LogP) is 6.25. The lowest BCUT2D eigenvalue weighted by molar-refractivity contribution is 0.529. The lowest BCUT2D eigenvalue weighted by atomic mass is 10.1. The fraction of sp³-hybridized carbons (Fsp3) is 0.286. The van der Waals surface area contributed by atoms with E-state index in [1.165, 1.54) is 0 Å². The highest BCUT2D eigenvalue weighted by atomic mass is 79.9. The number of nitrogens with zero attached hydrogens (tertiary/aromatic N) is 2. The van der Waals surface area contributed by atoms with Gasteiger partial charge >= 0.3 is 0 Å². The Morgan fingerprint density at radius 2 is 1.80 bits per heavy atom. The third-order valence-electron chi connectivity index (χ3n) is 5.22. The Morgan fingerprint density at radius 3 is 2.47 bits per heavy atom. The van der Waals surface area contributed by atoms with Crippen molar-refractivity contribution in [2.24, 2.45) is 0 Å². The molecule has 1 aromatic heterocycles. The Balaban J connectivity index is 1.40. The van der Waals surface area contributed by atoms with Crippen LogP contribution in [0.3, 0.4) is 0 Å². The molecule has 0 bridgehead atoms. The average molecular weight is 546 g/mol. The standard InChI is InChI=1S/C21H19BrCl2N2O2S2/c22-15-2-5-18(6-3-15)30(27,28)19-7-9-26(10-8-19)21-25-17(13-29-21)11-14-1-4-16(23)12-20(14)24/h1-6,12-13,19H,7-11H2. The molecule has 4 nitrogen and oxygen atoms in total.